The molecule has 2 fully saturated rings. The SMILES string of the molecule is CC(C)CCC1C(C)CCC2CC(O)CCC21C. The minimum absolute atomic E-state index is 0.0118. The third-order valence-corrected chi connectivity index (χ3v) is 6.06. The molecule has 0 spiro atoms. The number of hydrogen-bond donors (Lipinski definition) is 1. The van der Waals surface area contributed by atoms with Crippen molar-refractivity contribution in [2.45, 2.75) is 78.7 Å². The van der Waals surface area contributed by atoms with Gasteiger partial charge in [-0.3, -0.25) is 0 Å². The number of fused-ring (bicyclic) bond motifs is 1. The molecule has 0 saturated heterocycles. The van der Waals surface area contributed by atoms with Crippen molar-refractivity contribution in [2.75, 3.05) is 0 Å². The third-order valence-electron chi connectivity index (χ3n) is 6.06. The topological polar surface area (TPSA) is 20.2 Å². The van der Waals surface area contributed by atoms with Crippen LogP contribution in [0.15, 0.2) is 0 Å². The van der Waals surface area contributed by atoms with Crippen LogP contribution in [-0.4, -0.2) is 11.2 Å². The van der Waals surface area contributed by atoms with Gasteiger partial charge in [0.15, 0.2) is 0 Å². The van der Waals surface area contributed by atoms with Crippen molar-refractivity contribution in [1.29, 1.82) is 0 Å². The summed E-state index contributed by atoms with van der Waals surface area (Å²) in [5, 5.41) is 9.93. The zero-order chi connectivity index (χ0) is 13.3. The largest absolute Gasteiger partial charge is 0.393 e. The maximum atomic E-state index is 9.93. The van der Waals surface area contributed by atoms with Crippen molar-refractivity contribution in [3.05, 3.63) is 0 Å². The Morgan fingerprint density at radius 3 is 2.61 bits per heavy atom. The Morgan fingerprint density at radius 2 is 1.94 bits per heavy atom. The standard InChI is InChI=1S/C17H32O/c1-12(2)5-8-16-13(3)6-7-14-11-15(18)9-10-17(14,16)4/h12-16,18H,5-11H2,1-4H3. The van der Waals surface area contributed by atoms with Crippen molar-refractivity contribution in [3.63, 3.8) is 0 Å². The van der Waals surface area contributed by atoms with E-state index in [0.29, 0.717) is 5.41 Å². The Kier molecular flexibility index (Phi) is 4.41. The molecule has 5 atom stereocenters. The summed E-state index contributed by atoms with van der Waals surface area (Å²) >= 11 is 0. The summed E-state index contributed by atoms with van der Waals surface area (Å²) in [4.78, 5) is 0. The van der Waals surface area contributed by atoms with Gasteiger partial charge in [-0.05, 0) is 61.2 Å². The van der Waals surface area contributed by atoms with Gasteiger partial charge in [-0.25, -0.2) is 0 Å². The Labute approximate surface area is 113 Å². The lowest BCUT2D eigenvalue weighted by atomic mass is 9.51. The Hall–Kier alpha value is -0.0400. The Bertz CT molecular complexity index is 273. The molecular formula is C17H32O. The van der Waals surface area contributed by atoms with E-state index < -0.39 is 0 Å². The van der Waals surface area contributed by atoms with E-state index in [0.717, 1.165) is 36.5 Å². The second-order valence-electron chi connectivity index (χ2n) is 7.76. The van der Waals surface area contributed by atoms with Gasteiger partial charge in [0.2, 0.25) is 0 Å². The van der Waals surface area contributed by atoms with E-state index in [1.807, 2.05) is 0 Å². The lowest BCUT2D eigenvalue weighted by Crippen LogP contribution is -2.47. The summed E-state index contributed by atoms with van der Waals surface area (Å²) in [7, 11) is 0. The predicted molar refractivity (Wildman–Crippen MR) is 77.4 cm³/mol. The first kappa shape index (κ1) is 14.4. The number of aliphatic hydroxyl groups is 1. The molecule has 0 heterocycles. The first-order valence-electron chi connectivity index (χ1n) is 8.11. The summed E-state index contributed by atoms with van der Waals surface area (Å²) in [6.45, 7) is 9.69. The fourth-order valence-corrected chi connectivity index (χ4v) is 4.78. The summed E-state index contributed by atoms with van der Waals surface area (Å²) in [5.74, 6) is 3.40. The van der Waals surface area contributed by atoms with Crippen molar-refractivity contribution in [1.82, 2.24) is 0 Å². The summed E-state index contributed by atoms with van der Waals surface area (Å²) < 4.78 is 0. The maximum absolute atomic E-state index is 9.93. The maximum Gasteiger partial charge on any atom is 0.0543 e. The Morgan fingerprint density at radius 1 is 1.22 bits per heavy atom. The van der Waals surface area contributed by atoms with Crippen LogP contribution in [0.5, 0.6) is 0 Å². The highest BCUT2D eigenvalue weighted by Gasteiger charge is 2.48. The normalized spacial score (nSPS) is 45.0. The van der Waals surface area contributed by atoms with E-state index in [-0.39, 0.29) is 6.10 Å². The van der Waals surface area contributed by atoms with Crippen LogP contribution in [0.2, 0.25) is 0 Å². The molecule has 2 rings (SSSR count). The van der Waals surface area contributed by atoms with Crippen LogP contribution in [0.3, 0.4) is 0 Å². The Balaban J connectivity index is 2.09. The highest BCUT2D eigenvalue weighted by atomic mass is 16.3. The van der Waals surface area contributed by atoms with Crippen LogP contribution in [-0.2, 0) is 0 Å². The second-order valence-corrected chi connectivity index (χ2v) is 7.76. The average Bonchev–Trinajstić information content (AvgIpc) is 2.29. The molecule has 0 aromatic heterocycles. The average molecular weight is 252 g/mol. The van der Waals surface area contributed by atoms with E-state index in [1.54, 1.807) is 0 Å². The molecule has 2 aliphatic rings. The lowest BCUT2D eigenvalue weighted by molar-refractivity contribution is -0.0715. The molecule has 106 valence electrons. The molecular weight excluding hydrogens is 220 g/mol. The van der Waals surface area contributed by atoms with Gasteiger partial charge in [-0.2, -0.15) is 0 Å². The molecule has 5 unspecified atom stereocenters. The van der Waals surface area contributed by atoms with Crippen LogP contribution >= 0.6 is 0 Å². The molecule has 0 radical (unpaired) electrons. The van der Waals surface area contributed by atoms with Crippen LogP contribution < -0.4 is 0 Å². The zero-order valence-corrected chi connectivity index (χ0v) is 12.8. The fourth-order valence-electron chi connectivity index (χ4n) is 4.78. The van der Waals surface area contributed by atoms with Gasteiger partial charge < -0.3 is 5.11 Å². The highest BCUT2D eigenvalue weighted by molar-refractivity contribution is 4.98. The molecule has 1 heteroatoms. The predicted octanol–water partition coefficient (Wildman–Crippen LogP) is 4.64. The van der Waals surface area contributed by atoms with E-state index in [4.69, 9.17) is 0 Å². The molecule has 0 amide bonds. The van der Waals surface area contributed by atoms with Crippen molar-refractivity contribution in [2.24, 2.45) is 29.1 Å². The van der Waals surface area contributed by atoms with Crippen LogP contribution in [0.4, 0.5) is 0 Å². The van der Waals surface area contributed by atoms with Crippen LogP contribution in [0, 0.1) is 29.1 Å². The van der Waals surface area contributed by atoms with Gasteiger partial charge in [0, 0.05) is 0 Å². The molecule has 1 nitrogen and oxygen atoms in total. The van der Waals surface area contributed by atoms with Crippen molar-refractivity contribution in [3.8, 4) is 0 Å². The zero-order valence-electron chi connectivity index (χ0n) is 12.8. The fraction of sp³-hybridized carbons (Fsp3) is 1.00. The third kappa shape index (κ3) is 2.76. The van der Waals surface area contributed by atoms with Crippen LogP contribution in [0.1, 0.15) is 72.6 Å². The minimum Gasteiger partial charge on any atom is -0.393 e. The minimum atomic E-state index is -0.0118. The number of rotatable bonds is 3. The summed E-state index contributed by atoms with van der Waals surface area (Å²) in [5.41, 5.74) is 0.520. The molecule has 0 aliphatic heterocycles. The highest BCUT2D eigenvalue weighted by Crippen LogP contribution is 2.56. The number of aliphatic hydroxyl groups excluding tert-OH is 1. The second kappa shape index (κ2) is 5.53. The van der Waals surface area contributed by atoms with E-state index in [1.165, 1.54) is 32.1 Å². The first-order valence-corrected chi connectivity index (χ1v) is 8.11. The van der Waals surface area contributed by atoms with Gasteiger partial charge in [-0.15, -0.1) is 0 Å². The van der Waals surface area contributed by atoms with E-state index in [2.05, 4.69) is 27.7 Å². The molecule has 18 heavy (non-hydrogen) atoms. The number of hydrogen-bond acceptors (Lipinski definition) is 1. The molecule has 0 bridgehead atoms. The van der Waals surface area contributed by atoms with Gasteiger partial charge >= 0.3 is 0 Å². The van der Waals surface area contributed by atoms with Gasteiger partial charge in [-0.1, -0.05) is 40.5 Å². The molecule has 2 saturated carbocycles. The quantitative estimate of drug-likeness (QED) is 0.776. The summed E-state index contributed by atoms with van der Waals surface area (Å²) in [6.07, 6.45) is 8.87. The van der Waals surface area contributed by atoms with Gasteiger partial charge in [0.25, 0.3) is 0 Å². The monoisotopic (exact) mass is 252 g/mol. The summed E-state index contributed by atoms with van der Waals surface area (Å²) in [6, 6.07) is 0. The first-order chi connectivity index (χ1) is 8.43. The smallest absolute Gasteiger partial charge is 0.0543 e. The lowest BCUT2D eigenvalue weighted by Gasteiger charge is -2.54. The van der Waals surface area contributed by atoms with Gasteiger partial charge in [0.1, 0.15) is 0 Å². The van der Waals surface area contributed by atoms with Crippen LogP contribution in [0.25, 0.3) is 0 Å². The van der Waals surface area contributed by atoms with Crippen molar-refractivity contribution >= 4 is 0 Å². The molecule has 2 aliphatic carbocycles. The van der Waals surface area contributed by atoms with E-state index >= 15 is 0 Å². The molecule has 1 N–H and O–H groups in total. The van der Waals surface area contributed by atoms with Gasteiger partial charge in [0.05, 0.1) is 6.10 Å². The van der Waals surface area contributed by atoms with Crippen molar-refractivity contribution < 1.29 is 5.11 Å². The molecule has 0 aromatic carbocycles. The molecule has 0 aromatic rings. The van der Waals surface area contributed by atoms with E-state index in [9.17, 15) is 5.11 Å².